The maximum Gasteiger partial charge on any atom is 0.418 e. The van der Waals surface area contributed by atoms with Crippen molar-refractivity contribution in [3.63, 3.8) is 0 Å². The molecule has 5 heteroatoms. The minimum Gasteiger partial charge on any atom is -0.264 e. The van der Waals surface area contributed by atoms with Gasteiger partial charge in [0.2, 0.25) is 0 Å². The Labute approximate surface area is 72.0 Å². The summed E-state index contributed by atoms with van der Waals surface area (Å²) in [5, 5.41) is 0. The summed E-state index contributed by atoms with van der Waals surface area (Å²) in [5.41, 5.74) is -0.669. The molecule has 0 aromatic carbocycles. The number of thioether (sulfide) groups is 1. The fourth-order valence-corrected chi connectivity index (χ4v) is 1.36. The van der Waals surface area contributed by atoms with Crippen LogP contribution in [0.15, 0.2) is 23.4 Å². The molecular weight excluding hydrogens is 187 g/mol. The SMILES string of the molecule is CSc1ccncc1C(F)(F)F. The number of aromatic nitrogens is 1. The van der Waals surface area contributed by atoms with Gasteiger partial charge in [-0.25, -0.2) is 0 Å². The highest BCUT2D eigenvalue weighted by molar-refractivity contribution is 7.98. The van der Waals surface area contributed by atoms with Crippen molar-refractivity contribution in [2.24, 2.45) is 0 Å². The van der Waals surface area contributed by atoms with Crippen LogP contribution >= 0.6 is 11.8 Å². The van der Waals surface area contributed by atoms with Gasteiger partial charge >= 0.3 is 6.18 Å². The number of nitrogens with zero attached hydrogens (tertiary/aromatic N) is 1. The molecule has 0 aliphatic carbocycles. The second kappa shape index (κ2) is 3.35. The largest absolute Gasteiger partial charge is 0.418 e. The number of hydrogen-bond donors (Lipinski definition) is 0. The molecule has 0 saturated carbocycles. The topological polar surface area (TPSA) is 12.9 Å². The van der Waals surface area contributed by atoms with Crippen molar-refractivity contribution in [1.29, 1.82) is 0 Å². The smallest absolute Gasteiger partial charge is 0.264 e. The van der Waals surface area contributed by atoms with E-state index in [2.05, 4.69) is 4.98 Å². The highest BCUT2D eigenvalue weighted by Crippen LogP contribution is 2.34. The van der Waals surface area contributed by atoms with Crippen LogP contribution in [0.2, 0.25) is 0 Å². The molecule has 12 heavy (non-hydrogen) atoms. The molecule has 0 bridgehead atoms. The lowest BCUT2D eigenvalue weighted by molar-refractivity contribution is -0.140. The Hall–Kier alpha value is -0.710. The van der Waals surface area contributed by atoms with Crippen molar-refractivity contribution in [2.75, 3.05) is 6.26 Å². The first-order valence-electron chi connectivity index (χ1n) is 3.11. The molecule has 1 rings (SSSR count). The third-order valence-corrected chi connectivity index (χ3v) is 2.10. The van der Waals surface area contributed by atoms with Gasteiger partial charge in [0, 0.05) is 17.3 Å². The monoisotopic (exact) mass is 193 g/mol. The van der Waals surface area contributed by atoms with Crippen molar-refractivity contribution in [3.05, 3.63) is 24.0 Å². The zero-order chi connectivity index (χ0) is 9.19. The summed E-state index contributed by atoms with van der Waals surface area (Å²) in [4.78, 5) is 3.63. The third kappa shape index (κ3) is 1.91. The number of pyridine rings is 1. The molecule has 0 saturated heterocycles. The maximum absolute atomic E-state index is 12.2. The second-order valence-electron chi connectivity index (χ2n) is 2.07. The summed E-state index contributed by atoms with van der Waals surface area (Å²) >= 11 is 1.06. The number of alkyl halides is 3. The molecule has 1 aromatic rings. The van der Waals surface area contributed by atoms with E-state index < -0.39 is 11.7 Å². The molecule has 0 aliphatic rings. The molecular formula is C7H6F3NS. The van der Waals surface area contributed by atoms with Gasteiger partial charge in [0.1, 0.15) is 0 Å². The van der Waals surface area contributed by atoms with Crippen molar-refractivity contribution in [1.82, 2.24) is 4.98 Å². The van der Waals surface area contributed by atoms with Gasteiger partial charge in [-0.15, -0.1) is 11.8 Å². The molecule has 1 heterocycles. The molecule has 0 atom stereocenters. The van der Waals surface area contributed by atoms with Crippen LogP contribution in [0.4, 0.5) is 13.2 Å². The number of hydrogen-bond acceptors (Lipinski definition) is 2. The molecule has 0 radical (unpaired) electrons. The van der Waals surface area contributed by atoms with E-state index in [0.29, 0.717) is 0 Å². The van der Waals surface area contributed by atoms with Gasteiger partial charge in [-0.1, -0.05) is 0 Å². The quantitative estimate of drug-likeness (QED) is 0.636. The Morgan fingerprint density at radius 3 is 2.50 bits per heavy atom. The average molecular weight is 193 g/mol. The van der Waals surface area contributed by atoms with Crippen molar-refractivity contribution < 1.29 is 13.2 Å². The number of rotatable bonds is 1. The van der Waals surface area contributed by atoms with E-state index in [9.17, 15) is 13.2 Å². The van der Waals surface area contributed by atoms with Crippen LogP contribution < -0.4 is 0 Å². The first-order chi connectivity index (χ1) is 5.55. The second-order valence-corrected chi connectivity index (χ2v) is 2.92. The first kappa shape index (κ1) is 9.38. The van der Waals surface area contributed by atoms with Crippen LogP contribution in [0.3, 0.4) is 0 Å². The van der Waals surface area contributed by atoms with Gasteiger partial charge in [-0.3, -0.25) is 4.98 Å². The van der Waals surface area contributed by atoms with Gasteiger partial charge in [0.15, 0.2) is 0 Å². The van der Waals surface area contributed by atoms with E-state index in [1.165, 1.54) is 12.3 Å². The van der Waals surface area contributed by atoms with Crippen molar-refractivity contribution >= 4 is 11.8 Å². The Kier molecular flexibility index (Phi) is 2.62. The predicted molar refractivity (Wildman–Crippen MR) is 41.0 cm³/mol. The third-order valence-electron chi connectivity index (χ3n) is 1.31. The average Bonchev–Trinajstić information content (AvgIpc) is 2.03. The van der Waals surface area contributed by atoms with Crippen LogP contribution in [0, 0.1) is 0 Å². The van der Waals surface area contributed by atoms with E-state index in [-0.39, 0.29) is 4.90 Å². The standard InChI is InChI=1S/C7H6F3NS/c1-12-6-2-3-11-4-5(6)7(8,9)10/h2-4H,1H3. The normalized spacial score (nSPS) is 11.7. The lowest BCUT2D eigenvalue weighted by Crippen LogP contribution is -2.06. The van der Waals surface area contributed by atoms with Gasteiger partial charge in [0.05, 0.1) is 5.56 Å². The van der Waals surface area contributed by atoms with E-state index in [0.717, 1.165) is 18.0 Å². The summed E-state index contributed by atoms with van der Waals surface area (Å²) in [6, 6.07) is 1.35. The molecule has 0 unspecified atom stereocenters. The van der Waals surface area contributed by atoms with Crippen molar-refractivity contribution in [2.45, 2.75) is 11.1 Å². The minimum atomic E-state index is -4.30. The van der Waals surface area contributed by atoms with Gasteiger partial charge in [-0.2, -0.15) is 13.2 Å². The van der Waals surface area contributed by atoms with E-state index >= 15 is 0 Å². The summed E-state index contributed by atoms with van der Waals surface area (Å²) in [6.45, 7) is 0. The fourth-order valence-electron chi connectivity index (χ4n) is 0.773. The zero-order valence-corrected chi connectivity index (χ0v) is 7.04. The van der Waals surface area contributed by atoms with Crippen LogP contribution in [0.1, 0.15) is 5.56 Å². The Balaban J connectivity index is 3.14. The first-order valence-corrected chi connectivity index (χ1v) is 4.33. The van der Waals surface area contributed by atoms with Crippen LogP contribution in [-0.2, 0) is 6.18 Å². The summed E-state index contributed by atoms with van der Waals surface area (Å²) in [5.74, 6) is 0. The molecule has 1 nitrogen and oxygen atoms in total. The summed E-state index contributed by atoms with van der Waals surface area (Å²) in [6.07, 6.45) is -0.510. The highest BCUT2D eigenvalue weighted by atomic mass is 32.2. The van der Waals surface area contributed by atoms with Crippen molar-refractivity contribution in [3.8, 4) is 0 Å². The zero-order valence-electron chi connectivity index (χ0n) is 6.22. The Morgan fingerprint density at radius 1 is 1.42 bits per heavy atom. The summed E-state index contributed by atoms with van der Waals surface area (Å²) < 4.78 is 36.5. The highest BCUT2D eigenvalue weighted by Gasteiger charge is 2.33. The molecule has 0 N–H and O–H groups in total. The van der Waals surface area contributed by atoms with E-state index in [1.54, 1.807) is 6.26 Å². The molecule has 0 aliphatic heterocycles. The predicted octanol–water partition coefficient (Wildman–Crippen LogP) is 2.82. The Morgan fingerprint density at radius 2 is 2.08 bits per heavy atom. The van der Waals surface area contributed by atoms with E-state index in [1.807, 2.05) is 0 Å². The lowest BCUT2D eigenvalue weighted by atomic mass is 10.3. The maximum atomic E-state index is 12.2. The molecule has 0 spiro atoms. The van der Waals surface area contributed by atoms with Crippen LogP contribution in [0.25, 0.3) is 0 Å². The Bertz CT molecular complexity index is 272. The lowest BCUT2D eigenvalue weighted by Gasteiger charge is -2.09. The molecule has 66 valence electrons. The molecule has 1 aromatic heterocycles. The summed E-state index contributed by atoms with van der Waals surface area (Å²) in [7, 11) is 0. The van der Waals surface area contributed by atoms with Gasteiger partial charge in [-0.05, 0) is 12.3 Å². The van der Waals surface area contributed by atoms with Crippen LogP contribution in [0.5, 0.6) is 0 Å². The van der Waals surface area contributed by atoms with Gasteiger partial charge in [0.25, 0.3) is 0 Å². The molecule has 0 fully saturated rings. The minimum absolute atomic E-state index is 0.206. The molecule has 0 amide bonds. The fraction of sp³-hybridized carbons (Fsp3) is 0.286. The van der Waals surface area contributed by atoms with Crippen LogP contribution in [-0.4, -0.2) is 11.2 Å². The van der Waals surface area contributed by atoms with E-state index in [4.69, 9.17) is 0 Å². The van der Waals surface area contributed by atoms with Gasteiger partial charge < -0.3 is 0 Å². The number of halogens is 3.